The van der Waals surface area contributed by atoms with E-state index in [0.717, 1.165) is 17.8 Å². The monoisotopic (exact) mass is 208 g/mol. The van der Waals surface area contributed by atoms with Crippen LogP contribution >= 0.6 is 0 Å². The number of rotatable bonds is 5. The summed E-state index contributed by atoms with van der Waals surface area (Å²) < 4.78 is 0. The SMILES string of the molecule is CCC(C)=C(CC)CCC1CC(C)C1C. The first-order valence-corrected chi connectivity index (χ1v) is 6.77. The quantitative estimate of drug-likeness (QED) is 0.545. The Morgan fingerprint density at radius 3 is 2.20 bits per heavy atom. The van der Waals surface area contributed by atoms with Crippen LogP contribution in [0.3, 0.4) is 0 Å². The van der Waals surface area contributed by atoms with Crippen LogP contribution in [0, 0.1) is 17.8 Å². The van der Waals surface area contributed by atoms with Crippen LogP contribution in [0.5, 0.6) is 0 Å². The fourth-order valence-electron chi connectivity index (χ4n) is 2.86. The van der Waals surface area contributed by atoms with Crippen LogP contribution in [0.25, 0.3) is 0 Å². The summed E-state index contributed by atoms with van der Waals surface area (Å²) in [5.41, 5.74) is 3.36. The molecule has 0 amide bonds. The van der Waals surface area contributed by atoms with Gasteiger partial charge >= 0.3 is 0 Å². The van der Waals surface area contributed by atoms with Gasteiger partial charge in [0, 0.05) is 0 Å². The Bertz CT molecular complexity index is 224. The first kappa shape index (κ1) is 12.8. The highest BCUT2D eigenvalue weighted by atomic mass is 14.4. The topological polar surface area (TPSA) is 0 Å². The molecule has 3 atom stereocenters. The molecule has 3 unspecified atom stereocenters. The van der Waals surface area contributed by atoms with E-state index < -0.39 is 0 Å². The van der Waals surface area contributed by atoms with E-state index in [1.165, 1.54) is 32.1 Å². The summed E-state index contributed by atoms with van der Waals surface area (Å²) in [4.78, 5) is 0. The van der Waals surface area contributed by atoms with Crippen molar-refractivity contribution in [2.24, 2.45) is 17.8 Å². The largest absolute Gasteiger partial charge is 0.0744 e. The predicted octanol–water partition coefficient (Wildman–Crippen LogP) is 5.20. The zero-order chi connectivity index (χ0) is 11.4. The van der Waals surface area contributed by atoms with Gasteiger partial charge in [-0.25, -0.2) is 0 Å². The lowest BCUT2D eigenvalue weighted by Gasteiger charge is -2.41. The van der Waals surface area contributed by atoms with Gasteiger partial charge < -0.3 is 0 Å². The van der Waals surface area contributed by atoms with Crippen LogP contribution in [0.4, 0.5) is 0 Å². The molecule has 0 nitrogen and oxygen atoms in total. The average molecular weight is 208 g/mol. The third kappa shape index (κ3) is 3.09. The molecule has 0 bridgehead atoms. The van der Waals surface area contributed by atoms with E-state index in [1.54, 1.807) is 11.1 Å². The number of allylic oxidation sites excluding steroid dienone is 2. The lowest BCUT2D eigenvalue weighted by molar-refractivity contribution is 0.0952. The smallest absolute Gasteiger partial charge is 0.0315 e. The van der Waals surface area contributed by atoms with Gasteiger partial charge in [-0.1, -0.05) is 38.8 Å². The maximum Gasteiger partial charge on any atom is -0.0315 e. The van der Waals surface area contributed by atoms with Gasteiger partial charge in [0.1, 0.15) is 0 Å². The summed E-state index contributed by atoms with van der Waals surface area (Å²) in [5, 5.41) is 0. The lowest BCUT2D eigenvalue weighted by atomic mass is 9.64. The first-order chi connectivity index (χ1) is 7.10. The summed E-state index contributed by atoms with van der Waals surface area (Å²) in [6, 6.07) is 0. The van der Waals surface area contributed by atoms with Crippen molar-refractivity contribution in [3.63, 3.8) is 0 Å². The van der Waals surface area contributed by atoms with Gasteiger partial charge in [0.2, 0.25) is 0 Å². The highest BCUT2D eigenvalue weighted by Gasteiger charge is 2.33. The summed E-state index contributed by atoms with van der Waals surface area (Å²) in [5.74, 6) is 2.98. The molecule has 0 aliphatic heterocycles. The molecular weight excluding hydrogens is 180 g/mol. The molecule has 0 N–H and O–H groups in total. The Morgan fingerprint density at radius 2 is 1.80 bits per heavy atom. The minimum atomic E-state index is 0.977. The molecular formula is C15H28. The summed E-state index contributed by atoms with van der Waals surface area (Å²) >= 11 is 0. The molecule has 0 aromatic rings. The zero-order valence-electron chi connectivity index (χ0n) is 11.3. The van der Waals surface area contributed by atoms with Gasteiger partial charge in [-0.3, -0.25) is 0 Å². The second kappa shape index (κ2) is 5.72. The molecule has 0 radical (unpaired) electrons. The van der Waals surface area contributed by atoms with E-state index in [-0.39, 0.29) is 0 Å². The Kier molecular flexibility index (Phi) is 4.89. The zero-order valence-corrected chi connectivity index (χ0v) is 11.3. The molecule has 0 heterocycles. The van der Waals surface area contributed by atoms with E-state index in [9.17, 15) is 0 Å². The van der Waals surface area contributed by atoms with E-state index in [2.05, 4.69) is 34.6 Å². The van der Waals surface area contributed by atoms with Crippen LogP contribution in [-0.4, -0.2) is 0 Å². The summed E-state index contributed by atoms with van der Waals surface area (Å²) in [7, 11) is 0. The van der Waals surface area contributed by atoms with Gasteiger partial charge in [0.25, 0.3) is 0 Å². The fraction of sp³-hybridized carbons (Fsp3) is 0.867. The van der Waals surface area contributed by atoms with Gasteiger partial charge in [-0.05, 0) is 56.8 Å². The van der Waals surface area contributed by atoms with Crippen molar-refractivity contribution >= 4 is 0 Å². The second-order valence-corrected chi connectivity index (χ2v) is 5.46. The Hall–Kier alpha value is -0.260. The normalized spacial score (nSPS) is 32.2. The third-order valence-electron chi connectivity index (χ3n) is 4.69. The van der Waals surface area contributed by atoms with Crippen molar-refractivity contribution in [2.75, 3.05) is 0 Å². The number of hydrogen-bond acceptors (Lipinski definition) is 0. The van der Waals surface area contributed by atoms with Crippen molar-refractivity contribution in [1.29, 1.82) is 0 Å². The van der Waals surface area contributed by atoms with Gasteiger partial charge in [-0.2, -0.15) is 0 Å². The molecule has 15 heavy (non-hydrogen) atoms. The highest BCUT2D eigenvalue weighted by molar-refractivity contribution is 5.11. The van der Waals surface area contributed by atoms with Crippen LogP contribution in [0.15, 0.2) is 11.1 Å². The Labute approximate surface area is 96.2 Å². The molecule has 1 aliphatic rings. The lowest BCUT2D eigenvalue weighted by Crippen LogP contribution is -2.32. The maximum absolute atomic E-state index is 2.43. The van der Waals surface area contributed by atoms with Crippen molar-refractivity contribution in [1.82, 2.24) is 0 Å². The molecule has 1 saturated carbocycles. The van der Waals surface area contributed by atoms with E-state index in [4.69, 9.17) is 0 Å². The first-order valence-electron chi connectivity index (χ1n) is 6.77. The van der Waals surface area contributed by atoms with E-state index in [0.29, 0.717) is 0 Å². The van der Waals surface area contributed by atoms with Crippen molar-refractivity contribution < 1.29 is 0 Å². The maximum atomic E-state index is 2.43. The van der Waals surface area contributed by atoms with Crippen LogP contribution in [0.1, 0.15) is 66.7 Å². The molecule has 0 spiro atoms. The molecule has 1 fully saturated rings. The fourth-order valence-corrected chi connectivity index (χ4v) is 2.86. The van der Waals surface area contributed by atoms with Gasteiger partial charge in [0.05, 0.1) is 0 Å². The third-order valence-corrected chi connectivity index (χ3v) is 4.69. The predicted molar refractivity (Wildman–Crippen MR) is 69.0 cm³/mol. The average Bonchev–Trinajstić information content (AvgIpc) is 2.27. The second-order valence-electron chi connectivity index (χ2n) is 5.46. The van der Waals surface area contributed by atoms with Crippen LogP contribution < -0.4 is 0 Å². The minimum absolute atomic E-state index is 0.977. The van der Waals surface area contributed by atoms with E-state index in [1.807, 2.05) is 0 Å². The standard InChI is InChI=1S/C15H28/c1-6-11(3)14(7-2)8-9-15-10-12(4)13(15)5/h12-13,15H,6-10H2,1-5H3. The van der Waals surface area contributed by atoms with Crippen LogP contribution in [-0.2, 0) is 0 Å². The van der Waals surface area contributed by atoms with Crippen LogP contribution in [0.2, 0.25) is 0 Å². The van der Waals surface area contributed by atoms with Crippen molar-refractivity contribution in [3.8, 4) is 0 Å². The minimum Gasteiger partial charge on any atom is -0.0744 e. The van der Waals surface area contributed by atoms with Crippen molar-refractivity contribution in [2.45, 2.75) is 66.7 Å². The molecule has 0 heteroatoms. The van der Waals surface area contributed by atoms with E-state index >= 15 is 0 Å². The Morgan fingerprint density at radius 1 is 1.13 bits per heavy atom. The highest BCUT2D eigenvalue weighted by Crippen LogP contribution is 2.43. The Balaban J connectivity index is 2.36. The summed E-state index contributed by atoms with van der Waals surface area (Å²) in [6.45, 7) is 11.7. The molecule has 1 aliphatic carbocycles. The van der Waals surface area contributed by atoms with Crippen molar-refractivity contribution in [3.05, 3.63) is 11.1 Å². The summed E-state index contributed by atoms with van der Waals surface area (Å²) in [6.07, 6.45) is 6.77. The molecule has 88 valence electrons. The molecule has 0 saturated heterocycles. The van der Waals surface area contributed by atoms with Gasteiger partial charge in [-0.15, -0.1) is 0 Å². The number of hydrogen-bond donors (Lipinski definition) is 0. The van der Waals surface area contributed by atoms with Gasteiger partial charge in [0.15, 0.2) is 0 Å². The molecule has 0 aromatic heterocycles. The molecule has 0 aromatic carbocycles. The molecule has 1 rings (SSSR count).